The highest BCUT2D eigenvalue weighted by Crippen LogP contribution is 2.04. The maximum atomic E-state index is 10.7. The summed E-state index contributed by atoms with van der Waals surface area (Å²) in [6.45, 7) is 5.02. The highest BCUT2D eigenvalue weighted by Gasteiger charge is 2.08. The molecule has 0 aliphatic carbocycles. The molecule has 6 nitrogen and oxygen atoms in total. The maximum Gasteiger partial charge on any atom is 0.356 e. The van der Waals surface area contributed by atoms with E-state index in [1.165, 1.54) is 12.4 Å². The van der Waals surface area contributed by atoms with Crippen molar-refractivity contribution >= 4 is 11.8 Å². The summed E-state index contributed by atoms with van der Waals surface area (Å²) in [5.74, 6) is -0.652. The summed E-state index contributed by atoms with van der Waals surface area (Å²) in [7, 11) is 0. The standard InChI is InChI=1S/C10H15N3O3/c1-3-16-6-7(2)12-9-5-11-4-8(13-9)10(14)15/h4-5,7H,3,6H2,1-2H3,(H,12,13)(H,14,15). The van der Waals surface area contributed by atoms with Crippen LogP contribution in [0.1, 0.15) is 24.3 Å². The normalized spacial score (nSPS) is 12.1. The first kappa shape index (κ1) is 12.4. The smallest absolute Gasteiger partial charge is 0.356 e. The van der Waals surface area contributed by atoms with Crippen LogP contribution in [0.15, 0.2) is 12.4 Å². The van der Waals surface area contributed by atoms with Crippen LogP contribution in [0.5, 0.6) is 0 Å². The van der Waals surface area contributed by atoms with Crippen LogP contribution in [-0.4, -0.2) is 40.3 Å². The van der Waals surface area contributed by atoms with Crippen molar-refractivity contribution < 1.29 is 14.6 Å². The van der Waals surface area contributed by atoms with Crippen molar-refractivity contribution in [1.29, 1.82) is 0 Å². The minimum absolute atomic E-state index is 0.0540. The summed E-state index contributed by atoms with van der Waals surface area (Å²) < 4.78 is 5.22. The second-order valence-corrected chi connectivity index (χ2v) is 3.30. The lowest BCUT2D eigenvalue weighted by Gasteiger charge is -2.13. The first-order chi connectivity index (χ1) is 7.63. The molecule has 0 radical (unpaired) electrons. The molecule has 0 aromatic carbocycles. The third-order valence-corrected chi connectivity index (χ3v) is 1.82. The van der Waals surface area contributed by atoms with Crippen molar-refractivity contribution in [2.75, 3.05) is 18.5 Å². The van der Waals surface area contributed by atoms with E-state index in [1.54, 1.807) is 0 Å². The van der Waals surface area contributed by atoms with Gasteiger partial charge < -0.3 is 15.2 Å². The van der Waals surface area contributed by atoms with Gasteiger partial charge in [0.15, 0.2) is 5.69 Å². The van der Waals surface area contributed by atoms with Gasteiger partial charge in [0, 0.05) is 12.6 Å². The van der Waals surface area contributed by atoms with Gasteiger partial charge in [0.05, 0.1) is 19.0 Å². The minimum Gasteiger partial charge on any atom is -0.476 e. The zero-order valence-electron chi connectivity index (χ0n) is 9.30. The molecule has 88 valence electrons. The number of ether oxygens (including phenoxy) is 1. The Kier molecular flexibility index (Phi) is 4.65. The number of hydrogen-bond donors (Lipinski definition) is 2. The first-order valence-electron chi connectivity index (χ1n) is 5.03. The van der Waals surface area contributed by atoms with Crippen molar-refractivity contribution in [2.45, 2.75) is 19.9 Å². The van der Waals surface area contributed by atoms with Crippen LogP contribution in [0, 0.1) is 0 Å². The Balaban J connectivity index is 2.59. The van der Waals surface area contributed by atoms with Crippen molar-refractivity contribution in [1.82, 2.24) is 9.97 Å². The van der Waals surface area contributed by atoms with Gasteiger partial charge in [-0.05, 0) is 13.8 Å². The van der Waals surface area contributed by atoms with E-state index in [0.29, 0.717) is 19.0 Å². The number of nitrogens with one attached hydrogen (secondary N) is 1. The lowest BCUT2D eigenvalue weighted by molar-refractivity contribution is 0.0690. The molecule has 1 aromatic rings. The van der Waals surface area contributed by atoms with Gasteiger partial charge in [0.25, 0.3) is 0 Å². The molecule has 6 heteroatoms. The molecule has 0 amide bonds. The molecule has 0 bridgehead atoms. The number of carboxylic acid groups (broad SMARTS) is 1. The van der Waals surface area contributed by atoms with Gasteiger partial charge in [0.1, 0.15) is 5.82 Å². The van der Waals surface area contributed by atoms with E-state index < -0.39 is 5.97 Å². The molecule has 1 unspecified atom stereocenters. The number of carboxylic acids is 1. The summed E-state index contributed by atoms with van der Waals surface area (Å²) in [5, 5.41) is 11.7. The fraction of sp³-hybridized carbons (Fsp3) is 0.500. The summed E-state index contributed by atoms with van der Waals surface area (Å²) in [4.78, 5) is 18.3. The Labute approximate surface area is 93.7 Å². The minimum atomic E-state index is -1.09. The first-order valence-corrected chi connectivity index (χ1v) is 5.03. The lowest BCUT2D eigenvalue weighted by Crippen LogP contribution is -2.22. The number of anilines is 1. The van der Waals surface area contributed by atoms with E-state index in [0.717, 1.165) is 0 Å². The predicted octanol–water partition coefficient (Wildman–Crippen LogP) is 1.01. The lowest BCUT2D eigenvalue weighted by atomic mass is 10.3. The summed E-state index contributed by atoms with van der Waals surface area (Å²) in [6.07, 6.45) is 2.69. The monoisotopic (exact) mass is 225 g/mol. The summed E-state index contributed by atoms with van der Waals surface area (Å²) >= 11 is 0. The molecule has 0 aliphatic rings. The molecule has 0 saturated carbocycles. The highest BCUT2D eigenvalue weighted by molar-refractivity contribution is 5.85. The fourth-order valence-electron chi connectivity index (χ4n) is 1.13. The fourth-order valence-corrected chi connectivity index (χ4v) is 1.13. The molecule has 1 rings (SSSR count). The van der Waals surface area contributed by atoms with Gasteiger partial charge in [-0.1, -0.05) is 0 Å². The Bertz CT molecular complexity index is 357. The number of nitrogens with zero attached hydrogens (tertiary/aromatic N) is 2. The van der Waals surface area contributed by atoms with Crippen LogP contribution >= 0.6 is 0 Å². The van der Waals surface area contributed by atoms with Gasteiger partial charge in [-0.25, -0.2) is 9.78 Å². The number of hydrogen-bond acceptors (Lipinski definition) is 5. The highest BCUT2D eigenvalue weighted by atomic mass is 16.5. The molecule has 0 saturated heterocycles. The van der Waals surface area contributed by atoms with Gasteiger partial charge >= 0.3 is 5.97 Å². The van der Waals surface area contributed by atoms with Gasteiger partial charge in [-0.3, -0.25) is 4.98 Å². The average Bonchev–Trinajstić information content (AvgIpc) is 2.26. The quantitative estimate of drug-likeness (QED) is 0.751. The van der Waals surface area contributed by atoms with Crippen molar-refractivity contribution in [2.24, 2.45) is 0 Å². The Hall–Kier alpha value is -1.69. The second-order valence-electron chi connectivity index (χ2n) is 3.30. The molecule has 0 spiro atoms. The molecule has 1 atom stereocenters. The Morgan fingerprint density at radius 1 is 1.62 bits per heavy atom. The number of rotatable bonds is 6. The van der Waals surface area contributed by atoms with Crippen LogP contribution < -0.4 is 5.32 Å². The third kappa shape index (κ3) is 3.82. The molecule has 0 aliphatic heterocycles. The average molecular weight is 225 g/mol. The number of carbonyl (C=O) groups is 1. The SMILES string of the molecule is CCOCC(C)Nc1cncc(C(=O)O)n1. The third-order valence-electron chi connectivity index (χ3n) is 1.82. The second kappa shape index (κ2) is 6.02. The van der Waals surface area contributed by atoms with Gasteiger partial charge in [-0.2, -0.15) is 0 Å². The molecular weight excluding hydrogens is 210 g/mol. The molecule has 0 fully saturated rings. The topological polar surface area (TPSA) is 84.3 Å². The van der Waals surface area contributed by atoms with Gasteiger partial charge in [0.2, 0.25) is 0 Å². The number of aromatic nitrogens is 2. The van der Waals surface area contributed by atoms with E-state index in [4.69, 9.17) is 9.84 Å². The van der Waals surface area contributed by atoms with Crippen LogP contribution in [-0.2, 0) is 4.74 Å². The van der Waals surface area contributed by atoms with Crippen molar-refractivity contribution in [3.8, 4) is 0 Å². The van der Waals surface area contributed by atoms with E-state index in [2.05, 4.69) is 15.3 Å². The van der Waals surface area contributed by atoms with Gasteiger partial charge in [-0.15, -0.1) is 0 Å². The van der Waals surface area contributed by atoms with E-state index in [-0.39, 0.29) is 11.7 Å². The zero-order chi connectivity index (χ0) is 12.0. The van der Waals surface area contributed by atoms with Crippen LogP contribution in [0.25, 0.3) is 0 Å². The van der Waals surface area contributed by atoms with Crippen molar-refractivity contribution in [3.63, 3.8) is 0 Å². The maximum absolute atomic E-state index is 10.7. The van der Waals surface area contributed by atoms with Crippen LogP contribution in [0.3, 0.4) is 0 Å². The van der Waals surface area contributed by atoms with E-state index >= 15 is 0 Å². The van der Waals surface area contributed by atoms with Crippen LogP contribution in [0.2, 0.25) is 0 Å². The van der Waals surface area contributed by atoms with Crippen molar-refractivity contribution in [3.05, 3.63) is 18.1 Å². The summed E-state index contributed by atoms with van der Waals surface area (Å²) in [5.41, 5.74) is -0.0754. The Morgan fingerprint density at radius 2 is 2.38 bits per heavy atom. The van der Waals surface area contributed by atoms with Crippen LogP contribution in [0.4, 0.5) is 5.82 Å². The van der Waals surface area contributed by atoms with E-state index in [1.807, 2.05) is 13.8 Å². The summed E-state index contributed by atoms with van der Waals surface area (Å²) in [6, 6.07) is 0.0540. The molecular formula is C10H15N3O3. The Morgan fingerprint density at radius 3 is 3.00 bits per heavy atom. The molecule has 1 aromatic heterocycles. The zero-order valence-corrected chi connectivity index (χ0v) is 9.30. The largest absolute Gasteiger partial charge is 0.476 e. The predicted molar refractivity (Wildman–Crippen MR) is 58.6 cm³/mol. The number of aromatic carboxylic acids is 1. The molecule has 16 heavy (non-hydrogen) atoms. The van der Waals surface area contributed by atoms with E-state index in [9.17, 15) is 4.79 Å². The molecule has 2 N–H and O–H groups in total. The molecule has 1 heterocycles.